The molecule has 8 heteroatoms. The van der Waals surface area contributed by atoms with E-state index in [0.717, 1.165) is 18.7 Å². The van der Waals surface area contributed by atoms with Crippen LogP contribution in [0.1, 0.15) is 48.0 Å². The number of carbonyl (C=O) groups excluding carboxylic acids is 1. The van der Waals surface area contributed by atoms with Gasteiger partial charge in [0.25, 0.3) is 0 Å². The van der Waals surface area contributed by atoms with Crippen LogP contribution in [-0.4, -0.2) is 50.2 Å². The van der Waals surface area contributed by atoms with Gasteiger partial charge in [-0.2, -0.15) is 0 Å². The molecule has 2 rings (SSSR count). The molecular formula is C21H38N4O3Si. The fourth-order valence-electron chi connectivity index (χ4n) is 3.12. The monoisotopic (exact) mass is 422 g/mol. The summed E-state index contributed by atoms with van der Waals surface area (Å²) in [5, 5.41) is 3.12. The van der Waals surface area contributed by atoms with Gasteiger partial charge in [0.2, 0.25) is 0 Å². The Morgan fingerprint density at radius 3 is 2.48 bits per heavy atom. The van der Waals surface area contributed by atoms with E-state index >= 15 is 0 Å². The molecule has 1 aliphatic heterocycles. The SMILES string of the molecule is CC(C)(C)OC(=O)N[C@@H]1CCN(c2ccncc2N)C[C@H]1O[Si](C)(C)C(C)(C)C. The topological polar surface area (TPSA) is 89.7 Å². The third-order valence-electron chi connectivity index (χ3n) is 5.68. The third kappa shape index (κ3) is 6.34. The number of nitrogens with one attached hydrogen (secondary N) is 1. The van der Waals surface area contributed by atoms with E-state index in [1.807, 2.05) is 26.8 Å². The Bertz CT molecular complexity index is 713. The van der Waals surface area contributed by atoms with Gasteiger partial charge in [-0.05, 0) is 51.4 Å². The summed E-state index contributed by atoms with van der Waals surface area (Å²) in [5.74, 6) is 0. The van der Waals surface area contributed by atoms with E-state index in [-0.39, 0.29) is 17.2 Å². The van der Waals surface area contributed by atoms with Gasteiger partial charge in [-0.3, -0.25) is 4.98 Å². The molecule has 0 aliphatic carbocycles. The molecule has 1 aromatic heterocycles. The van der Waals surface area contributed by atoms with Crippen LogP contribution in [-0.2, 0) is 9.16 Å². The molecule has 7 nitrogen and oxygen atoms in total. The first-order valence-electron chi connectivity index (χ1n) is 10.3. The molecule has 0 unspecified atom stereocenters. The predicted molar refractivity (Wildman–Crippen MR) is 121 cm³/mol. The van der Waals surface area contributed by atoms with Crippen LogP contribution in [0.15, 0.2) is 18.5 Å². The molecule has 0 bridgehead atoms. The molecule has 1 amide bonds. The van der Waals surface area contributed by atoms with Crippen molar-refractivity contribution in [2.45, 2.75) is 83.8 Å². The van der Waals surface area contributed by atoms with Crippen molar-refractivity contribution in [2.75, 3.05) is 23.7 Å². The number of alkyl carbamates (subject to hydrolysis) is 1. The summed E-state index contributed by atoms with van der Waals surface area (Å²) in [4.78, 5) is 18.7. The molecule has 0 saturated carbocycles. The Hall–Kier alpha value is -1.80. The Kier molecular flexibility index (Phi) is 6.89. The van der Waals surface area contributed by atoms with E-state index in [4.69, 9.17) is 14.9 Å². The highest BCUT2D eigenvalue weighted by Gasteiger charge is 2.43. The van der Waals surface area contributed by atoms with Crippen LogP contribution >= 0.6 is 0 Å². The number of anilines is 2. The predicted octanol–water partition coefficient (Wildman–Crippen LogP) is 4.16. The van der Waals surface area contributed by atoms with Crippen LogP contribution in [0.4, 0.5) is 16.2 Å². The van der Waals surface area contributed by atoms with E-state index < -0.39 is 20.0 Å². The number of nitrogen functional groups attached to an aromatic ring is 1. The minimum absolute atomic E-state index is 0.0709. The average molecular weight is 423 g/mol. The Balaban J connectivity index is 2.22. The van der Waals surface area contributed by atoms with Gasteiger partial charge in [0.1, 0.15) is 5.60 Å². The number of nitrogens with two attached hydrogens (primary N) is 1. The van der Waals surface area contributed by atoms with Crippen molar-refractivity contribution < 1.29 is 14.0 Å². The van der Waals surface area contributed by atoms with Crippen LogP contribution in [0.5, 0.6) is 0 Å². The summed E-state index contributed by atoms with van der Waals surface area (Å²) >= 11 is 0. The number of amides is 1. The quantitative estimate of drug-likeness (QED) is 0.708. The number of hydrogen-bond acceptors (Lipinski definition) is 6. The lowest BCUT2D eigenvalue weighted by Crippen LogP contribution is -2.59. The molecular weight excluding hydrogens is 384 g/mol. The van der Waals surface area contributed by atoms with E-state index in [2.05, 4.69) is 49.1 Å². The van der Waals surface area contributed by atoms with Crippen LogP contribution in [0.3, 0.4) is 0 Å². The van der Waals surface area contributed by atoms with Gasteiger partial charge in [0.15, 0.2) is 8.32 Å². The van der Waals surface area contributed by atoms with E-state index in [1.165, 1.54) is 0 Å². The van der Waals surface area contributed by atoms with Crippen LogP contribution in [0.25, 0.3) is 0 Å². The smallest absolute Gasteiger partial charge is 0.407 e. The lowest BCUT2D eigenvalue weighted by molar-refractivity contribution is 0.0415. The molecule has 3 N–H and O–H groups in total. The molecule has 164 valence electrons. The van der Waals surface area contributed by atoms with Crippen LogP contribution in [0, 0.1) is 0 Å². The van der Waals surface area contributed by atoms with Gasteiger partial charge in [0, 0.05) is 19.3 Å². The fraction of sp³-hybridized carbons (Fsp3) is 0.714. The number of pyridine rings is 1. The van der Waals surface area contributed by atoms with Gasteiger partial charge in [-0.1, -0.05) is 20.8 Å². The maximum absolute atomic E-state index is 12.4. The molecule has 0 radical (unpaired) electrons. The Morgan fingerprint density at radius 1 is 1.28 bits per heavy atom. The maximum atomic E-state index is 12.4. The standard InChI is InChI=1S/C21H38N4O3Si/c1-20(2,3)27-19(26)24-16-10-12-25(17-9-11-23-13-15(17)22)14-18(16)28-29(7,8)21(4,5)6/h9,11,13,16,18H,10,12,14,22H2,1-8H3,(H,24,26)/t16-,18-/m1/s1. The molecule has 0 aromatic carbocycles. The molecule has 2 heterocycles. The first-order valence-corrected chi connectivity index (χ1v) is 13.2. The number of nitrogens with zero attached hydrogens (tertiary/aromatic N) is 2. The molecule has 1 fully saturated rings. The van der Waals surface area contributed by atoms with Crippen molar-refractivity contribution in [1.29, 1.82) is 0 Å². The van der Waals surface area contributed by atoms with Gasteiger partial charge in [-0.25, -0.2) is 4.79 Å². The van der Waals surface area contributed by atoms with Gasteiger partial charge in [-0.15, -0.1) is 0 Å². The van der Waals surface area contributed by atoms with Crippen LogP contribution < -0.4 is 16.0 Å². The zero-order chi connectivity index (χ0) is 22.0. The Morgan fingerprint density at radius 2 is 1.93 bits per heavy atom. The van der Waals surface area contributed by atoms with Crippen LogP contribution in [0.2, 0.25) is 18.1 Å². The summed E-state index contributed by atoms with van der Waals surface area (Å²) in [7, 11) is -2.04. The lowest BCUT2D eigenvalue weighted by Gasteiger charge is -2.46. The van der Waals surface area contributed by atoms with Crippen molar-refractivity contribution in [3.8, 4) is 0 Å². The number of piperidine rings is 1. The van der Waals surface area contributed by atoms with Crippen molar-refractivity contribution in [1.82, 2.24) is 10.3 Å². The minimum atomic E-state index is -2.04. The molecule has 1 saturated heterocycles. The zero-order valence-electron chi connectivity index (χ0n) is 19.2. The molecule has 29 heavy (non-hydrogen) atoms. The van der Waals surface area contributed by atoms with Crippen molar-refractivity contribution in [3.63, 3.8) is 0 Å². The number of rotatable bonds is 4. The summed E-state index contributed by atoms with van der Waals surface area (Å²) in [6, 6.07) is 1.82. The van der Waals surface area contributed by atoms with Crippen molar-refractivity contribution in [3.05, 3.63) is 18.5 Å². The molecule has 1 aromatic rings. The third-order valence-corrected chi connectivity index (χ3v) is 10.2. The largest absolute Gasteiger partial charge is 0.444 e. The second-order valence-electron chi connectivity index (χ2n) is 10.3. The zero-order valence-corrected chi connectivity index (χ0v) is 20.2. The Labute approximate surface area is 176 Å². The first kappa shape index (κ1) is 23.5. The number of aromatic nitrogens is 1. The fourth-order valence-corrected chi connectivity index (χ4v) is 4.47. The summed E-state index contributed by atoms with van der Waals surface area (Å²) in [6.07, 6.45) is 3.62. The lowest BCUT2D eigenvalue weighted by atomic mass is 10.0. The highest BCUT2D eigenvalue weighted by Crippen LogP contribution is 2.38. The highest BCUT2D eigenvalue weighted by atomic mass is 28.4. The second-order valence-corrected chi connectivity index (χ2v) is 15.1. The van der Waals surface area contributed by atoms with Gasteiger partial charge in [0.05, 0.1) is 29.7 Å². The van der Waals surface area contributed by atoms with Crippen molar-refractivity contribution in [2.24, 2.45) is 0 Å². The summed E-state index contributed by atoms with van der Waals surface area (Å²) in [6.45, 7) is 18.1. The number of carbonyl (C=O) groups is 1. The van der Waals surface area contributed by atoms with Gasteiger partial charge < -0.3 is 25.1 Å². The number of hydrogen-bond donors (Lipinski definition) is 2. The molecule has 2 atom stereocenters. The first-order chi connectivity index (χ1) is 13.2. The minimum Gasteiger partial charge on any atom is -0.444 e. The maximum Gasteiger partial charge on any atom is 0.407 e. The van der Waals surface area contributed by atoms with Gasteiger partial charge >= 0.3 is 6.09 Å². The summed E-state index contributed by atoms with van der Waals surface area (Å²) < 4.78 is 12.2. The molecule has 0 spiro atoms. The normalized spacial score (nSPS) is 21.0. The second kappa shape index (κ2) is 8.51. The van der Waals surface area contributed by atoms with E-state index in [9.17, 15) is 4.79 Å². The van der Waals surface area contributed by atoms with E-state index in [1.54, 1.807) is 12.4 Å². The van der Waals surface area contributed by atoms with E-state index in [0.29, 0.717) is 12.2 Å². The summed E-state index contributed by atoms with van der Waals surface area (Å²) in [5.41, 5.74) is 7.22. The highest BCUT2D eigenvalue weighted by molar-refractivity contribution is 6.74. The molecule has 1 aliphatic rings. The average Bonchev–Trinajstić information content (AvgIpc) is 2.54. The van der Waals surface area contributed by atoms with Crippen molar-refractivity contribution >= 4 is 25.8 Å². The number of ether oxygens (including phenoxy) is 1.